The molecule has 0 unspecified atom stereocenters. The number of rotatable bonds is 7. The van der Waals surface area contributed by atoms with Gasteiger partial charge in [0.15, 0.2) is 0 Å². The monoisotopic (exact) mass is 644 g/mol. The quantitative estimate of drug-likeness (QED) is 0.127. The first-order valence-corrected chi connectivity index (χ1v) is 17.5. The first kappa shape index (κ1) is 29.1. The van der Waals surface area contributed by atoms with E-state index in [2.05, 4.69) is 193 Å². The van der Waals surface area contributed by atoms with Crippen LogP contribution in [0.4, 0.5) is 17.1 Å². The van der Waals surface area contributed by atoms with Crippen molar-refractivity contribution in [2.75, 3.05) is 4.90 Å². The zero-order valence-corrected chi connectivity index (χ0v) is 27.6. The summed E-state index contributed by atoms with van der Waals surface area (Å²) in [6.07, 6.45) is 0. The summed E-state index contributed by atoms with van der Waals surface area (Å²) in [6, 6.07) is 67.4. The summed E-state index contributed by atoms with van der Waals surface area (Å²) < 4.78 is 1.24. The number of aromatic nitrogens is 1. The lowest BCUT2D eigenvalue weighted by molar-refractivity contribution is 0.977. The largest absolute Gasteiger partial charge is 0.311 e. The summed E-state index contributed by atoms with van der Waals surface area (Å²) >= 11 is 1.78. The second kappa shape index (κ2) is 12.5. The Morgan fingerprint density at radius 3 is 1.41 bits per heavy atom. The van der Waals surface area contributed by atoms with Crippen LogP contribution in [0.2, 0.25) is 0 Å². The molecular weight excluding hydrogens is 613 g/mol. The third-order valence-electron chi connectivity index (χ3n) is 9.41. The van der Waals surface area contributed by atoms with Gasteiger partial charge in [-0.15, -0.1) is 11.3 Å². The van der Waals surface area contributed by atoms with E-state index in [0.717, 1.165) is 33.1 Å². The number of anilines is 3. The van der Waals surface area contributed by atoms with Crippen molar-refractivity contribution in [2.24, 2.45) is 0 Å². The van der Waals surface area contributed by atoms with Gasteiger partial charge in [-0.2, -0.15) is 0 Å². The number of hydrogen-bond acceptors (Lipinski definition) is 3. The third-order valence-corrected chi connectivity index (χ3v) is 10.5. The molecule has 1 heterocycles. The minimum atomic E-state index is 0.156. The molecule has 0 saturated heterocycles. The van der Waals surface area contributed by atoms with Gasteiger partial charge in [-0.1, -0.05) is 140 Å². The average Bonchev–Trinajstić information content (AvgIpc) is 3.64. The van der Waals surface area contributed by atoms with Crippen LogP contribution in [0.25, 0.3) is 42.3 Å². The van der Waals surface area contributed by atoms with E-state index >= 15 is 0 Å². The van der Waals surface area contributed by atoms with Crippen LogP contribution in [-0.2, 0) is 0 Å². The topological polar surface area (TPSA) is 16.1 Å². The highest BCUT2D eigenvalue weighted by molar-refractivity contribution is 7.22. The minimum Gasteiger partial charge on any atom is -0.311 e. The van der Waals surface area contributed by atoms with Crippen LogP contribution >= 0.6 is 11.3 Å². The van der Waals surface area contributed by atoms with Gasteiger partial charge in [0.05, 0.1) is 10.2 Å². The normalized spacial score (nSPS) is 11.4. The van der Waals surface area contributed by atoms with Gasteiger partial charge in [0.1, 0.15) is 5.01 Å². The predicted molar refractivity (Wildman–Crippen MR) is 209 cm³/mol. The molecular formula is C46H32N2S. The molecule has 9 rings (SSSR count). The van der Waals surface area contributed by atoms with Gasteiger partial charge in [0.25, 0.3) is 0 Å². The van der Waals surface area contributed by atoms with Crippen LogP contribution in [0, 0.1) is 0 Å². The Balaban J connectivity index is 1.10. The van der Waals surface area contributed by atoms with Gasteiger partial charge >= 0.3 is 0 Å². The van der Waals surface area contributed by atoms with Crippen molar-refractivity contribution in [2.45, 2.75) is 5.92 Å². The zero-order chi connectivity index (χ0) is 32.6. The highest BCUT2D eigenvalue weighted by Crippen LogP contribution is 2.42. The Hall–Kier alpha value is -6.03. The molecule has 0 aliphatic carbocycles. The summed E-state index contributed by atoms with van der Waals surface area (Å²) in [4.78, 5) is 7.56. The molecule has 49 heavy (non-hydrogen) atoms. The Labute approximate surface area is 290 Å². The van der Waals surface area contributed by atoms with Crippen LogP contribution < -0.4 is 4.90 Å². The van der Waals surface area contributed by atoms with E-state index in [9.17, 15) is 0 Å². The fourth-order valence-corrected chi connectivity index (χ4v) is 8.24. The zero-order valence-electron chi connectivity index (χ0n) is 26.8. The van der Waals surface area contributed by atoms with E-state index in [1.54, 1.807) is 11.3 Å². The molecule has 0 bridgehead atoms. The van der Waals surface area contributed by atoms with Crippen LogP contribution in [0.15, 0.2) is 188 Å². The van der Waals surface area contributed by atoms with Crippen molar-refractivity contribution in [3.05, 3.63) is 205 Å². The van der Waals surface area contributed by atoms with Crippen molar-refractivity contribution in [3.63, 3.8) is 0 Å². The van der Waals surface area contributed by atoms with Crippen molar-refractivity contribution in [3.8, 4) is 10.6 Å². The molecule has 0 fully saturated rings. The summed E-state index contributed by atoms with van der Waals surface area (Å²) in [5, 5.41) is 6.03. The standard InChI is InChI=1S/C46H32N2S/c1-4-14-32(15-5-1)43(33-16-6-2-7-17-33)34-24-28-37(29-25-34)48(36-18-8-3-9-19-36)38-30-26-35(27-31-38)46-47-44-41-22-12-10-20-39(41)40-21-11-13-23-42(40)45(44)49-46/h1-31,43H. The second-order valence-corrected chi connectivity index (χ2v) is 13.4. The molecule has 0 N–H and O–H groups in total. The van der Waals surface area contributed by atoms with Crippen LogP contribution in [-0.4, -0.2) is 4.98 Å². The van der Waals surface area contributed by atoms with Gasteiger partial charge in [0, 0.05) is 39.3 Å². The number of hydrogen-bond donors (Lipinski definition) is 0. The number of nitrogens with zero attached hydrogens (tertiary/aromatic N) is 2. The lowest BCUT2D eigenvalue weighted by Gasteiger charge is -2.26. The lowest BCUT2D eigenvalue weighted by atomic mass is 9.85. The third kappa shape index (κ3) is 5.35. The van der Waals surface area contributed by atoms with Crippen molar-refractivity contribution in [1.82, 2.24) is 4.98 Å². The summed E-state index contributed by atoms with van der Waals surface area (Å²) in [6.45, 7) is 0. The van der Waals surface area contributed by atoms with Crippen LogP contribution in [0.3, 0.4) is 0 Å². The molecule has 0 atom stereocenters. The van der Waals surface area contributed by atoms with Crippen LogP contribution in [0.5, 0.6) is 0 Å². The first-order valence-electron chi connectivity index (χ1n) is 16.7. The van der Waals surface area contributed by atoms with Crippen LogP contribution in [0.1, 0.15) is 22.6 Å². The SMILES string of the molecule is c1ccc(C(c2ccccc2)c2ccc(N(c3ccccc3)c3ccc(-c4nc5c6ccccc6c6ccccc6c5s4)cc3)cc2)cc1. The van der Waals surface area contributed by atoms with Crippen molar-refractivity contribution in [1.29, 1.82) is 0 Å². The second-order valence-electron chi connectivity index (χ2n) is 12.4. The highest BCUT2D eigenvalue weighted by Gasteiger charge is 2.19. The predicted octanol–water partition coefficient (Wildman–Crippen LogP) is 12.9. The molecule has 9 aromatic rings. The first-order chi connectivity index (χ1) is 24.3. The molecule has 1 aromatic heterocycles. The Morgan fingerprint density at radius 2 is 0.816 bits per heavy atom. The van der Waals surface area contributed by atoms with E-state index < -0.39 is 0 Å². The molecule has 0 amide bonds. The molecule has 0 spiro atoms. The van der Waals surface area contributed by atoms with Gasteiger partial charge in [0.2, 0.25) is 0 Å². The maximum Gasteiger partial charge on any atom is 0.124 e. The fourth-order valence-electron chi connectivity index (χ4n) is 7.11. The molecule has 8 aromatic carbocycles. The van der Waals surface area contributed by atoms with Crippen molar-refractivity contribution >= 4 is 60.2 Å². The fraction of sp³-hybridized carbons (Fsp3) is 0.0217. The summed E-state index contributed by atoms with van der Waals surface area (Å²) in [5.74, 6) is 0.156. The van der Waals surface area contributed by atoms with Gasteiger partial charge < -0.3 is 4.90 Å². The number of para-hydroxylation sites is 1. The Morgan fingerprint density at radius 1 is 0.388 bits per heavy atom. The van der Waals surface area contributed by atoms with Crippen molar-refractivity contribution < 1.29 is 0 Å². The van der Waals surface area contributed by atoms with Gasteiger partial charge in [-0.05, 0) is 76.0 Å². The molecule has 232 valence electrons. The van der Waals surface area contributed by atoms with E-state index in [-0.39, 0.29) is 5.92 Å². The molecule has 3 heteroatoms. The summed E-state index contributed by atoms with van der Waals surface area (Å²) in [5.41, 5.74) is 9.36. The van der Waals surface area contributed by atoms with E-state index in [0.29, 0.717) is 0 Å². The highest BCUT2D eigenvalue weighted by atomic mass is 32.1. The molecule has 0 saturated carbocycles. The van der Waals surface area contributed by atoms with Gasteiger partial charge in [-0.3, -0.25) is 0 Å². The van der Waals surface area contributed by atoms with E-state index in [4.69, 9.17) is 4.98 Å². The molecule has 0 aliphatic rings. The average molecular weight is 645 g/mol. The molecule has 0 aliphatic heterocycles. The smallest absolute Gasteiger partial charge is 0.124 e. The van der Waals surface area contributed by atoms with E-state index in [1.165, 1.54) is 42.9 Å². The van der Waals surface area contributed by atoms with E-state index in [1.807, 2.05) is 0 Å². The summed E-state index contributed by atoms with van der Waals surface area (Å²) in [7, 11) is 0. The number of benzene rings is 8. The molecule has 0 radical (unpaired) electrons. The number of thiazole rings is 1. The maximum atomic E-state index is 5.23. The molecule has 2 nitrogen and oxygen atoms in total. The minimum absolute atomic E-state index is 0.156. The maximum absolute atomic E-state index is 5.23. The lowest BCUT2D eigenvalue weighted by Crippen LogP contribution is -2.10. The van der Waals surface area contributed by atoms with Gasteiger partial charge in [-0.25, -0.2) is 4.98 Å². The Kier molecular flexibility index (Phi) is 7.45. The Bertz CT molecular complexity index is 2410. The number of fused-ring (bicyclic) bond motifs is 6.